The molecule has 1 aliphatic rings. The van der Waals surface area contributed by atoms with Gasteiger partial charge in [-0.25, -0.2) is 0 Å². The lowest BCUT2D eigenvalue weighted by atomic mass is 10.2. The SMILES string of the molecule is C=C(Cl)CNC1COC1. The summed E-state index contributed by atoms with van der Waals surface area (Å²) in [7, 11) is 0. The zero-order valence-electron chi connectivity index (χ0n) is 5.19. The highest BCUT2D eigenvalue weighted by atomic mass is 35.5. The van der Waals surface area contributed by atoms with Crippen molar-refractivity contribution in [1.82, 2.24) is 5.32 Å². The van der Waals surface area contributed by atoms with Crippen LogP contribution in [0.3, 0.4) is 0 Å². The van der Waals surface area contributed by atoms with Crippen molar-refractivity contribution in [2.75, 3.05) is 19.8 Å². The summed E-state index contributed by atoms with van der Waals surface area (Å²) in [5.74, 6) is 0. The van der Waals surface area contributed by atoms with Gasteiger partial charge in [-0.2, -0.15) is 0 Å². The van der Waals surface area contributed by atoms with Crippen LogP contribution in [0.15, 0.2) is 11.6 Å². The number of rotatable bonds is 3. The molecule has 1 saturated heterocycles. The Balaban J connectivity index is 1.97. The van der Waals surface area contributed by atoms with Crippen LogP contribution in [0, 0.1) is 0 Å². The highest BCUT2D eigenvalue weighted by molar-refractivity contribution is 6.29. The quantitative estimate of drug-likeness (QED) is 0.636. The smallest absolute Gasteiger partial charge is 0.0643 e. The first-order valence-corrected chi connectivity index (χ1v) is 3.31. The Kier molecular flexibility index (Phi) is 2.51. The van der Waals surface area contributed by atoms with E-state index in [4.69, 9.17) is 16.3 Å². The molecular formula is C6H10ClNO. The van der Waals surface area contributed by atoms with E-state index in [0.717, 1.165) is 13.2 Å². The van der Waals surface area contributed by atoms with Crippen LogP contribution in [0.4, 0.5) is 0 Å². The van der Waals surface area contributed by atoms with Gasteiger partial charge in [-0.05, 0) is 0 Å². The molecule has 1 rings (SSSR count). The van der Waals surface area contributed by atoms with Gasteiger partial charge in [0, 0.05) is 11.6 Å². The summed E-state index contributed by atoms with van der Waals surface area (Å²) in [6, 6.07) is 0.500. The molecule has 1 fully saturated rings. The molecule has 1 aliphatic heterocycles. The van der Waals surface area contributed by atoms with Crippen LogP contribution in [0.25, 0.3) is 0 Å². The van der Waals surface area contributed by atoms with Crippen LogP contribution < -0.4 is 5.32 Å². The van der Waals surface area contributed by atoms with Crippen molar-refractivity contribution in [2.24, 2.45) is 0 Å². The average Bonchev–Trinajstić information content (AvgIpc) is 1.60. The van der Waals surface area contributed by atoms with Crippen LogP contribution in [0.5, 0.6) is 0 Å². The molecule has 0 aliphatic carbocycles. The first-order chi connectivity index (χ1) is 4.29. The second-order valence-electron chi connectivity index (χ2n) is 2.13. The molecule has 9 heavy (non-hydrogen) atoms. The molecule has 0 atom stereocenters. The monoisotopic (exact) mass is 147 g/mol. The van der Waals surface area contributed by atoms with E-state index in [1.165, 1.54) is 0 Å². The third-order valence-corrected chi connectivity index (χ3v) is 1.35. The van der Waals surface area contributed by atoms with Gasteiger partial charge in [-0.15, -0.1) is 0 Å². The van der Waals surface area contributed by atoms with Crippen molar-refractivity contribution in [2.45, 2.75) is 6.04 Å². The minimum absolute atomic E-state index is 0.500. The first-order valence-electron chi connectivity index (χ1n) is 2.93. The summed E-state index contributed by atoms with van der Waals surface area (Å²) in [4.78, 5) is 0. The average molecular weight is 148 g/mol. The maximum atomic E-state index is 5.51. The Morgan fingerprint density at radius 2 is 2.44 bits per heavy atom. The van der Waals surface area contributed by atoms with Crippen LogP contribution >= 0.6 is 11.6 Å². The van der Waals surface area contributed by atoms with Crippen molar-refractivity contribution in [3.63, 3.8) is 0 Å². The number of hydrogen-bond acceptors (Lipinski definition) is 2. The lowest BCUT2D eigenvalue weighted by Gasteiger charge is -2.26. The largest absolute Gasteiger partial charge is 0.378 e. The minimum Gasteiger partial charge on any atom is -0.378 e. The van der Waals surface area contributed by atoms with Crippen molar-refractivity contribution in [3.05, 3.63) is 11.6 Å². The Hall–Kier alpha value is -0.0500. The molecule has 2 nitrogen and oxygen atoms in total. The van der Waals surface area contributed by atoms with E-state index in [-0.39, 0.29) is 0 Å². The molecular weight excluding hydrogens is 138 g/mol. The first kappa shape index (κ1) is 7.06. The summed E-state index contributed by atoms with van der Waals surface area (Å²) in [5, 5.41) is 3.82. The molecule has 0 unspecified atom stereocenters. The lowest BCUT2D eigenvalue weighted by molar-refractivity contribution is -0.00355. The number of nitrogens with one attached hydrogen (secondary N) is 1. The second-order valence-corrected chi connectivity index (χ2v) is 2.67. The number of hydrogen-bond donors (Lipinski definition) is 1. The van der Waals surface area contributed by atoms with Crippen LogP contribution in [0.1, 0.15) is 0 Å². The summed E-state index contributed by atoms with van der Waals surface area (Å²) < 4.78 is 4.93. The molecule has 0 radical (unpaired) electrons. The fourth-order valence-electron chi connectivity index (χ4n) is 0.609. The Morgan fingerprint density at radius 3 is 2.78 bits per heavy atom. The van der Waals surface area contributed by atoms with Gasteiger partial charge in [0.15, 0.2) is 0 Å². The lowest BCUT2D eigenvalue weighted by Crippen LogP contribution is -2.46. The fraction of sp³-hybridized carbons (Fsp3) is 0.667. The van der Waals surface area contributed by atoms with Gasteiger partial charge in [0.05, 0.1) is 19.3 Å². The van der Waals surface area contributed by atoms with Gasteiger partial charge in [0.1, 0.15) is 0 Å². The Bertz CT molecular complexity index is 112. The van der Waals surface area contributed by atoms with Gasteiger partial charge < -0.3 is 10.1 Å². The van der Waals surface area contributed by atoms with Crippen molar-refractivity contribution >= 4 is 11.6 Å². The summed E-state index contributed by atoms with van der Waals surface area (Å²) in [5.41, 5.74) is 0. The van der Waals surface area contributed by atoms with Crippen LogP contribution in [-0.2, 0) is 4.74 Å². The van der Waals surface area contributed by atoms with Gasteiger partial charge in [-0.1, -0.05) is 18.2 Å². The molecule has 0 aromatic carbocycles. The Morgan fingerprint density at radius 1 is 1.78 bits per heavy atom. The van der Waals surface area contributed by atoms with Crippen LogP contribution in [0.2, 0.25) is 0 Å². The third kappa shape index (κ3) is 2.35. The van der Waals surface area contributed by atoms with Gasteiger partial charge in [0.2, 0.25) is 0 Å². The summed E-state index contributed by atoms with van der Waals surface area (Å²) in [6.45, 7) is 5.86. The van der Waals surface area contributed by atoms with E-state index in [9.17, 15) is 0 Å². The van der Waals surface area contributed by atoms with Crippen molar-refractivity contribution in [3.8, 4) is 0 Å². The Labute approximate surface area is 59.8 Å². The topological polar surface area (TPSA) is 21.3 Å². The van der Waals surface area contributed by atoms with Crippen molar-refractivity contribution in [1.29, 1.82) is 0 Å². The van der Waals surface area contributed by atoms with Crippen LogP contribution in [-0.4, -0.2) is 25.8 Å². The molecule has 3 heteroatoms. The zero-order chi connectivity index (χ0) is 6.69. The van der Waals surface area contributed by atoms with E-state index in [1.807, 2.05) is 0 Å². The third-order valence-electron chi connectivity index (χ3n) is 1.22. The summed E-state index contributed by atoms with van der Waals surface area (Å²) in [6.07, 6.45) is 0. The minimum atomic E-state index is 0.500. The van der Waals surface area contributed by atoms with E-state index in [1.54, 1.807) is 0 Å². The second kappa shape index (κ2) is 3.20. The molecule has 0 amide bonds. The standard InChI is InChI=1S/C6H10ClNO/c1-5(7)2-8-6-3-9-4-6/h6,8H,1-4H2. The van der Waals surface area contributed by atoms with E-state index in [2.05, 4.69) is 11.9 Å². The predicted molar refractivity (Wildman–Crippen MR) is 37.6 cm³/mol. The molecule has 0 aromatic rings. The number of ether oxygens (including phenoxy) is 1. The molecule has 1 heterocycles. The van der Waals surface area contributed by atoms with E-state index < -0.39 is 0 Å². The molecule has 0 saturated carbocycles. The molecule has 0 spiro atoms. The summed E-state index contributed by atoms with van der Waals surface area (Å²) >= 11 is 5.51. The predicted octanol–water partition coefficient (Wildman–Crippen LogP) is 0.727. The van der Waals surface area contributed by atoms with Gasteiger partial charge >= 0.3 is 0 Å². The molecule has 52 valence electrons. The highest BCUT2D eigenvalue weighted by Gasteiger charge is 2.16. The fourth-order valence-corrected chi connectivity index (χ4v) is 0.686. The van der Waals surface area contributed by atoms with Gasteiger partial charge in [-0.3, -0.25) is 0 Å². The van der Waals surface area contributed by atoms with Crippen molar-refractivity contribution < 1.29 is 4.74 Å². The van der Waals surface area contributed by atoms with E-state index >= 15 is 0 Å². The highest BCUT2D eigenvalue weighted by Crippen LogP contribution is 2.01. The normalized spacial score (nSPS) is 19.2. The maximum absolute atomic E-state index is 5.51. The zero-order valence-corrected chi connectivity index (χ0v) is 5.95. The van der Waals surface area contributed by atoms with E-state index in [0.29, 0.717) is 17.6 Å². The van der Waals surface area contributed by atoms with Gasteiger partial charge in [0.25, 0.3) is 0 Å². The molecule has 1 N–H and O–H groups in total. The maximum Gasteiger partial charge on any atom is 0.0643 e. The molecule has 0 aromatic heterocycles. The number of halogens is 1. The molecule has 0 bridgehead atoms.